The average Bonchev–Trinajstić information content (AvgIpc) is 3.07. The van der Waals surface area contributed by atoms with Gasteiger partial charge in [-0.05, 0) is 23.8 Å². The number of aliphatic carboxylic acids is 1. The van der Waals surface area contributed by atoms with Crippen molar-refractivity contribution in [1.29, 1.82) is 0 Å². The second-order valence-corrected chi connectivity index (χ2v) is 6.92. The van der Waals surface area contributed by atoms with Crippen molar-refractivity contribution in [3.63, 3.8) is 0 Å². The van der Waals surface area contributed by atoms with Gasteiger partial charge >= 0.3 is 5.97 Å². The summed E-state index contributed by atoms with van der Waals surface area (Å²) in [6, 6.07) is 11.2. The predicted molar refractivity (Wildman–Crippen MR) is 97.2 cm³/mol. The first kappa shape index (κ1) is 16.5. The number of carboxylic acid groups (broad SMARTS) is 1. The van der Waals surface area contributed by atoms with Crippen LogP contribution in [0.5, 0.6) is 0 Å². The first-order chi connectivity index (χ1) is 11.5. The van der Waals surface area contributed by atoms with E-state index in [0.717, 1.165) is 17.5 Å². The van der Waals surface area contributed by atoms with Crippen LogP contribution in [0.1, 0.15) is 17.3 Å². The molecule has 1 unspecified atom stereocenters. The summed E-state index contributed by atoms with van der Waals surface area (Å²) in [5.74, 6) is -1.50. The Bertz CT molecular complexity index is 843. The third kappa shape index (κ3) is 3.00. The fourth-order valence-electron chi connectivity index (χ4n) is 2.50. The maximum Gasteiger partial charge on any atom is 0.331 e. The van der Waals surface area contributed by atoms with Gasteiger partial charge in [0.05, 0.1) is 4.91 Å². The van der Waals surface area contributed by atoms with Gasteiger partial charge in [-0.15, -0.1) is 0 Å². The monoisotopic (exact) mass is 358 g/mol. The normalized spacial score (nSPS) is 17.5. The standard InChI is InChI=1S/C17H14N2O3S2/c1-18-9-5-8-12(18)10-13-15(20)19(17(23)24-13)14(16(21)22)11-6-3-2-4-7-11/h2-10,14H,1H3,(H,21,22)/b13-10-. The third-order valence-electron chi connectivity index (χ3n) is 3.69. The zero-order valence-electron chi connectivity index (χ0n) is 12.7. The lowest BCUT2D eigenvalue weighted by Gasteiger charge is -2.23. The van der Waals surface area contributed by atoms with E-state index in [1.54, 1.807) is 36.4 Å². The number of carbonyl (C=O) groups is 2. The van der Waals surface area contributed by atoms with Crippen molar-refractivity contribution in [2.24, 2.45) is 7.05 Å². The van der Waals surface area contributed by atoms with Gasteiger partial charge in [-0.3, -0.25) is 9.69 Å². The van der Waals surface area contributed by atoms with Crippen molar-refractivity contribution in [3.8, 4) is 0 Å². The van der Waals surface area contributed by atoms with Gasteiger partial charge in [-0.1, -0.05) is 54.3 Å². The van der Waals surface area contributed by atoms with Crippen LogP contribution in [0.25, 0.3) is 6.08 Å². The Kier molecular flexibility index (Phi) is 4.55. The smallest absolute Gasteiger partial charge is 0.331 e. The first-order valence-electron chi connectivity index (χ1n) is 7.15. The zero-order chi connectivity index (χ0) is 17.3. The zero-order valence-corrected chi connectivity index (χ0v) is 14.4. The van der Waals surface area contributed by atoms with Crippen LogP contribution in [0.2, 0.25) is 0 Å². The Morgan fingerprint density at radius 3 is 2.54 bits per heavy atom. The number of benzene rings is 1. The van der Waals surface area contributed by atoms with E-state index in [0.29, 0.717) is 10.5 Å². The lowest BCUT2D eigenvalue weighted by molar-refractivity contribution is -0.145. The number of aryl methyl sites for hydroxylation is 1. The Labute approximate surface area is 148 Å². The molecule has 0 bridgehead atoms. The van der Waals surface area contributed by atoms with Crippen LogP contribution in [-0.4, -0.2) is 30.8 Å². The minimum Gasteiger partial charge on any atom is -0.479 e. The molecule has 1 fully saturated rings. The van der Waals surface area contributed by atoms with Gasteiger partial charge in [-0.2, -0.15) is 0 Å². The molecule has 5 nitrogen and oxygen atoms in total. The van der Waals surface area contributed by atoms with Gasteiger partial charge in [-0.25, -0.2) is 4.79 Å². The minimum absolute atomic E-state index is 0.247. The molecule has 1 atom stereocenters. The van der Waals surface area contributed by atoms with Gasteiger partial charge in [0.1, 0.15) is 4.32 Å². The summed E-state index contributed by atoms with van der Waals surface area (Å²) in [7, 11) is 1.87. The quantitative estimate of drug-likeness (QED) is 0.672. The van der Waals surface area contributed by atoms with E-state index in [4.69, 9.17) is 12.2 Å². The van der Waals surface area contributed by atoms with Gasteiger partial charge < -0.3 is 9.67 Å². The van der Waals surface area contributed by atoms with E-state index in [2.05, 4.69) is 0 Å². The fourth-order valence-corrected chi connectivity index (χ4v) is 3.80. The number of carboxylic acids is 1. The number of carbonyl (C=O) groups excluding carboxylic acids is 1. The maximum atomic E-state index is 12.7. The van der Waals surface area contributed by atoms with Crippen LogP contribution in [0, 0.1) is 0 Å². The van der Waals surface area contributed by atoms with E-state index < -0.39 is 12.0 Å². The van der Waals surface area contributed by atoms with Crippen LogP contribution in [0.3, 0.4) is 0 Å². The summed E-state index contributed by atoms with van der Waals surface area (Å²) >= 11 is 6.40. The van der Waals surface area contributed by atoms with Gasteiger partial charge in [0.2, 0.25) is 0 Å². The summed E-state index contributed by atoms with van der Waals surface area (Å²) in [6.45, 7) is 0. The van der Waals surface area contributed by atoms with Crippen molar-refractivity contribution in [3.05, 3.63) is 64.8 Å². The Hall–Kier alpha value is -2.38. The molecule has 1 saturated heterocycles. The Balaban J connectivity index is 1.98. The summed E-state index contributed by atoms with van der Waals surface area (Å²) in [6.07, 6.45) is 3.60. The highest BCUT2D eigenvalue weighted by Gasteiger charge is 2.41. The molecule has 1 aromatic heterocycles. The van der Waals surface area contributed by atoms with Gasteiger partial charge in [0, 0.05) is 18.9 Å². The molecular weight excluding hydrogens is 344 g/mol. The molecule has 3 rings (SSSR count). The number of rotatable bonds is 4. The Morgan fingerprint density at radius 1 is 1.25 bits per heavy atom. The second kappa shape index (κ2) is 6.62. The fraction of sp³-hybridized carbons (Fsp3) is 0.118. The van der Waals surface area contributed by atoms with Crippen LogP contribution < -0.4 is 0 Å². The van der Waals surface area contributed by atoms with Gasteiger partial charge in [0.25, 0.3) is 5.91 Å². The van der Waals surface area contributed by atoms with E-state index in [1.807, 2.05) is 29.9 Å². The number of nitrogens with zero attached hydrogens (tertiary/aromatic N) is 2. The summed E-state index contributed by atoms with van der Waals surface area (Å²) < 4.78 is 2.12. The molecule has 0 aliphatic carbocycles. The predicted octanol–water partition coefficient (Wildman–Crippen LogP) is 3.05. The minimum atomic E-state index is -1.13. The van der Waals surface area contributed by atoms with Crippen molar-refractivity contribution < 1.29 is 14.7 Å². The lowest BCUT2D eigenvalue weighted by atomic mass is 10.1. The van der Waals surface area contributed by atoms with Crippen molar-refractivity contribution >= 4 is 46.3 Å². The number of aromatic nitrogens is 1. The molecule has 1 N–H and O–H groups in total. The molecule has 0 spiro atoms. The van der Waals surface area contributed by atoms with Crippen molar-refractivity contribution in [1.82, 2.24) is 9.47 Å². The highest BCUT2D eigenvalue weighted by molar-refractivity contribution is 8.26. The molecule has 1 amide bonds. The highest BCUT2D eigenvalue weighted by atomic mass is 32.2. The third-order valence-corrected chi connectivity index (χ3v) is 5.02. The van der Waals surface area contributed by atoms with Crippen LogP contribution in [-0.2, 0) is 16.6 Å². The molecule has 0 radical (unpaired) electrons. The van der Waals surface area contributed by atoms with Crippen molar-refractivity contribution in [2.45, 2.75) is 6.04 Å². The highest BCUT2D eigenvalue weighted by Crippen LogP contribution is 2.38. The number of thiocarbonyl (C=S) groups is 1. The molecule has 1 aromatic carbocycles. The van der Waals surface area contributed by atoms with E-state index in [-0.39, 0.29) is 10.2 Å². The molecule has 2 aromatic rings. The summed E-state index contributed by atoms with van der Waals surface area (Å²) in [5, 5.41) is 9.62. The largest absolute Gasteiger partial charge is 0.479 e. The first-order valence-corrected chi connectivity index (χ1v) is 8.37. The average molecular weight is 358 g/mol. The van der Waals surface area contributed by atoms with Gasteiger partial charge in [0.15, 0.2) is 6.04 Å². The molecular formula is C17H14N2O3S2. The number of thioether (sulfide) groups is 1. The summed E-state index contributed by atoms with van der Waals surface area (Å²) in [5.41, 5.74) is 1.36. The molecule has 7 heteroatoms. The van der Waals surface area contributed by atoms with Crippen LogP contribution >= 0.6 is 24.0 Å². The van der Waals surface area contributed by atoms with Crippen LogP contribution in [0.15, 0.2) is 53.6 Å². The number of hydrogen-bond acceptors (Lipinski definition) is 4. The second-order valence-electron chi connectivity index (χ2n) is 5.25. The van der Waals surface area contributed by atoms with Crippen LogP contribution in [0.4, 0.5) is 0 Å². The molecule has 1 aliphatic rings. The summed E-state index contributed by atoms with van der Waals surface area (Å²) in [4.78, 5) is 26.1. The number of hydrogen-bond donors (Lipinski definition) is 1. The maximum absolute atomic E-state index is 12.7. The Morgan fingerprint density at radius 2 is 1.96 bits per heavy atom. The topological polar surface area (TPSA) is 62.5 Å². The van der Waals surface area contributed by atoms with E-state index in [9.17, 15) is 14.7 Å². The van der Waals surface area contributed by atoms with Crippen molar-refractivity contribution in [2.75, 3.05) is 0 Å². The molecule has 1 aliphatic heterocycles. The van der Waals surface area contributed by atoms with E-state index >= 15 is 0 Å². The molecule has 2 heterocycles. The number of amides is 1. The lowest BCUT2D eigenvalue weighted by Crippen LogP contribution is -2.37. The molecule has 0 saturated carbocycles. The SMILES string of the molecule is Cn1cccc1/C=C1\SC(=S)N(C(C(=O)O)c2ccccc2)C1=O. The van der Waals surface area contributed by atoms with E-state index in [1.165, 1.54) is 4.90 Å². The molecule has 24 heavy (non-hydrogen) atoms. The molecule has 122 valence electrons.